The molecule has 0 saturated carbocycles. The molecule has 0 saturated heterocycles. The Morgan fingerprint density at radius 1 is 0.935 bits per heavy atom. The molecule has 0 atom stereocenters. The van der Waals surface area contributed by atoms with Crippen LogP contribution in [0.15, 0.2) is 61.2 Å². The number of hydrogen-bond acceptors (Lipinski definition) is 6. The molecule has 0 aliphatic carbocycles. The molecule has 150 valence electrons. The number of nitrogens with two attached hydrogens (primary N) is 1. The molecule has 9 heteroatoms. The van der Waals surface area contributed by atoms with Crippen molar-refractivity contribution in [2.24, 2.45) is 0 Å². The largest absolute Gasteiger partial charge is 0.397 e. The Morgan fingerprint density at radius 2 is 1.84 bits per heavy atom. The first-order valence-corrected chi connectivity index (χ1v) is 10.3. The molecule has 6 aromatic rings. The Labute approximate surface area is 178 Å². The van der Waals surface area contributed by atoms with Gasteiger partial charge in [0.05, 0.1) is 17.1 Å². The Morgan fingerprint density at radius 3 is 2.68 bits per heavy atom. The number of halogens is 1. The summed E-state index contributed by atoms with van der Waals surface area (Å²) < 4.78 is 13.6. The lowest BCUT2D eigenvalue weighted by molar-refractivity contribution is 0.657. The van der Waals surface area contributed by atoms with E-state index in [0.29, 0.717) is 17.0 Å². The van der Waals surface area contributed by atoms with Gasteiger partial charge in [-0.3, -0.25) is 10.1 Å². The predicted octanol–water partition coefficient (Wildman–Crippen LogP) is 5.01. The Bertz CT molecular complexity index is 1580. The summed E-state index contributed by atoms with van der Waals surface area (Å²) in [6.45, 7) is 0. The highest BCUT2D eigenvalue weighted by Crippen LogP contribution is 2.36. The fourth-order valence-electron chi connectivity index (χ4n) is 3.71. The average Bonchev–Trinajstić information content (AvgIpc) is 3.50. The number of pyridine rings is 3. The van der Waals surface area contributed by atoms with Crippen LogP contribution in [-0.2, 0) is 0 Å². The maximum Gasteiger partial charge on any atom is 0.181 e. The molecule has 0 spiro atoms. The summed E-state index contributed by atoms with van der Waals surface area (Å²) >= 11 is 1.11. The van der Waals surface area contributed by atoms with Crippen LogP contribution in [-0.4, -0.2) is 30.1 Å². The van der Waals surface area contributed by atoms with Crippen molar-refractivity contribution in [3.63, 3.8) is 0 Å². The first-order valence-electron chi connectivity index (χ1n) is 9.44. The smallest absolute Gasteiger partial charge is 0.181 e. The monoisotopic (exact) mass is 427 g/mol. The summed E-state index contributed by atoms with van der Waals surface area (Å²) in [6.07, 6.45) is 6.82. The van der Waals surface area contributed by atoms with Gasteiger partial charge in [0.25, 0.3) is 0 Å². The fraction of sp³-hybridized carbons (Fsp3) is 0. The quantitative estimate of drug-likeness (QED) is 0.368. The number of nitrogens with zero attached hydrogens (tertiary/aromatic N) is 4. The molecule has 6 heterocycles. The first-order chi connectivity index (χ1) is 15.2. The topological polar surface area (TPSA) is 109 Å². The molecule has 7 nitrogen and oxygen atoms in total. The number of hydrogen-bond donors (Lipinski definition) is 3. The van der Waals surface area contributed by atoms with Crippen LogP contribution in [0.4, 0.5) is 10.1 Å². The molecule has 0 bridgehead atoms. The second-order valence-electron chi connectivity index (χ2n) is 7.11. The fourth-order valence-corrected chi connectivity index (χ4v) is 4.48. The highest BCUT2D eigenvalue weighted by Gasteiger charge is 2.16. The van der Waals surface area contributed by atoms with Crippen molar-refractivity contribution in [1.82, 2.24) is 30.1 Å². The minimum absolute atomic E-state index is 0.218. The summed E-state index contributed by atoms with van der Waals surface area (Å²) in [5.41, 5.74) is 12.1. The lowest BCUT2D eigenvalue weighted by Gasteiger charge is -2.02. The SMILES string of the molecule is Nc1cncc(-c2cnc3n[nH]c(-c4cc5c(-c6ccc(F)s6)ccnc5[nH]4)c3c2)c1. The molecule has 0 aliphatic heterocycles. The number of nitrogens with one attached hydrogen (secondary N) is 2. The summed E-state index contributed by atoms with van der Waals surface area (Å²) in [5.74, 6) is 0. The van der Waals surface area contributed by atoms with Crippen molar-refractivity contribution in [3.05, 3.63) is 66.3 Å². The minimum atomic E-state index is -0.218. The zero-order valence-electron chi connectivity index (χ0n) is 15.9. The van der Waals surface area contributed by atoms with E-state index < -0.39 is 0 Å². The van der Waals surface area contributed by atoms with E-state index in [1.165, 1.54) is 6.07 Å². The second kappa shape index (κ2) is 6.71. The molecule has 0 amide bonds. The number of H-pyrrole nitrogens is 2. The number of thiophene rings is 1. The number of nitrogen functional groups attached to an aromatic ring is 1. The van der Waals surface area contributed by atoms with Gasteiger partial charge in [-0.15, -0.1) is 11.3 Å². The van der Waals surface area contributed by atoms with Crippen LogP contribution in [0.5, 0.6) is 0 Å². The third kappa shape index (κ3) is 2.94. The average molecular weight is 427 g/mol. The van der Waals surface area contributed by atoms with E-state index in [-0.39, 0.29) is 5.13 Å². The van der Waals surface area contributed by atoms with Gasteiger partial charge in [-0.05, 0) is 36.4 Å². The third-order valence-electron chi connectivity index (χ3n) is 5.14. The molecule has 6 rings (SSSR count). The van der Waals surface area contributed by atoms with E-state index in [4.69, 9.17) is 5.73 Å². The molecule has 0 aliphatic rings. The normalized spacial score (nSPS) is 11.5. The summed E-state index contributed by atoms with van der Waals surface area (Å²) in [6, 6.07) is 11.0. The maximum atomic E-state index is 13.6. The molecule has 0 fully saturated rings. The molecule has 0 unspecified atom stereocenters. The molecular weight excluding hydrogens is 413 g/mol. The number of fused-ring (bicyclic) bond motifs is 2. The van der Waals surface area contributed by atoms with Crippen molar-refractivity contribution in [3.8, 4) is 33.0 Å². The molecular formula is C22H14FN7S. The van der Waals surface area contributed by atoms with Crippen molar-refractivity contribution in [1.29, 1.82) is 0 Å². The first kappa shape index (κ1) is 17.7. The van der Waals surface area contributed by atoms with Gasteiger partial charge in [-0.1, -0.05) is 0 Å². The number of anilines is 1. The lowest BCUT2D eigenvalue weighted by Crippen LogP contribution is -1.88. The van der Waals surface area contributed by atoms with Gasteiger partial charge in [-0.2, -0.15) is 9.49 Å². The summed E-state index contributed by atoms with van der Waals surface area (Å²) in [7, 11) is 0. The highest BCUT2D eigenvalue weighted by atomic mass is 32.1. The van der Waals surface area contributed by atoms with Gasteiger partial charge >= 0.3 is 0 Å². The number of aromatic nitrogens is 6. The Balaban J connectivity index is 1.51. The molecule has 31 heavy (non-hydrogen) atoms. The summed E-state index contributed by atoms with van der Waals surface area (Å²) in [4.78, 5) is 17.3. The number of aromatic amines is 2. The lowest BCUT2D eigenvalue weighted by atomic mass is 10.1. The van der Waals surface area contributed by atoms with E-state index in [0.717, 1.165) is 55.1 Å². The zero-order valence-corrected chi connectivity index (χ0v) is 16.7. The van der Waals surface area contributed by atoms with Crippen LogP contribution in [0, 0.1) is 5.13 Å². The van der Waals surface area contributed by atoms with Crippen LogP contribution < -0.4 is 5.73 Å². The highest BCUT2D eigenvalue weighted by molar-refractivity contribution is 7.14. The van der Waals surface area contributed by atoms with Crippen molar-refractivity contribution in [2.75, 3.05) is 5.73 Å². The summed E-state index contributed by atoms with van der Waals surface area (Å²) in [5, 5.41) is 8.96. The van der Waals surface area contributed by atoms with Gasteiger partial charge in [0.15, 0.2) is 10.8 Å². The second-order valence-corrected chi connectivity index (χ2v) is 8.14. The molecule has 0 radical (unpaired) electrons. The van der Waals surface area contributed by atoms with Gasteiger partial charge in [-0.25, -0.2) is 9.97 Å². The van der Waals surface area contributed by atoms with Crippen molar-refractivity contribution < 1.29 is 4.39 Å². The van der Waals surface area contributed by atoms with Crippen LogP contribution in [0.3, 0.4) is 0 Å². The molecule has 6 aromatic heterocycles. The van der Waals surface area contributed by atoms with E-state index >= 15 is 0 Å². The molecule has 4 N–H and O–H groups in total. The van der Waals surface area contributed by atoms with Crippen molar-refractivity contribution >= 4 is 39.1 Å². The van der Waals surface area contributed by atoms with E-state index in [1.54, 1.807) is 30.9 Å². The van der Waals surface area contributed by atoms with Crippen molar-refractivity contribution in [2.45, 2.75) is 0 Å². The van der Waals surface area contributed by atoms with Crippen LogP contribution in [0.1, 0.15) is 0 Å². The van der Waals surface area contributed by atoms with Crippen LogP contribution in [0.25, 0.3) is 55.0 Å². The zero-order chi connectivity index (χ0) is 20.9. The van der Waals surface area contributed by atoms with Gasteiger partial charge in [0.1, 0.15) is 5.65 Å². The van der Waals surface area contributed by atoms with Gasteiger partial charge in [0.2, 0.25) is 0 Å². The number of rotatable bonds is 3. The van der Waals surface area contributed by atoms with E-state index in [2.05, 4.69) is 30.1 Å². The van der Waals surface area contributed by atoms with E-state index in [1.807, 2.05) is 24.3 Å². The maximum absolute atomic E-state index is 13.6. The third-order valence-corrected chi connectivity index (χ3v) is 6.05. The van der Waals surface area contributed by atoms with Crippen LogP contribution in [0.2, 0.25) is 0 Å². The van der Waals surface area contributed by atoms with Gasteiger partial charge < -0.3 is 10.7 Å². The van der Waals surface area contributed by atoms with Crippen LogP contribution >= 0.6 is 11.3 Å². The minimum Gasteiger partial charge on any atom is -0.397 e. The standard InChI is InChI=1S/C22H14FN7S/c23-19-2-1-18(31-19)14-3-4-26-21-15(14)7-17(28-21)20-16-6-12(9-27-22(16)30-29-20)11-5-13(24)10-25-8-11/h1-10H,24H2,(H,26,28)(H,27,29,30). The predicted molar refractivity (Wildman–Crippen MR) is 120 cm³/mol. The van der Waals surface area contributed by atoms with Gasteiger partial charge in [0, 0.05) is 57.1 Å². The Kier molecular flexibility index (Phi) is 3.84. The molecule has 0 aromatic carbocycles. The Hall–Kier alpha value is -4.11. The van der Waals surface area contributed by atoms with E-state index in [9.17, 15) is 4.39 Å².